The summed E-state index contributed by atoms with van der Waals surface area (Å²) in [5, 5.41) is 23.7. The molecule has 0 radical (unpaired) electrons. The van der Waals surface area contributed by atoms with E-state index in [1.54, 1.807) is 17.1 Å². The molecule has 1 aliphatic carbocycles. The van der Waals surface area contributed by atoms with E-state index in [1.165, 1.54) is 6.42 Å². The maximum Gasteiger partial charge on any atom is 0.101 e. The number of aliphatic hydroxyl groups is 1. The van der Waals surface area contributed by atoms with Crippen LogP contribution in [0.5, 0.6) is 0 Å². The molecule has 1 N–H and O–H groups in total. The Morgan fingerprint density at radius 3 is 2.69 bits per heavy atom. The van der Waals surface area contributed by atoms with E-state index in [-0.39, 0.29) is 0 Å². The summed E-state index contributed by atoms with van der Waals surface area (Å²) < 4.78 is 1.66. The Kier molecular flexibility index (Phi) is 2.97. The predicted octanol–water partition coefficient (Wildman–Crippen LogP) is 1.93. The minimum absolute atomic E-state index is 0.596. The molecule has 0 saturated heterocycles. The van der Waals surface area contributed by atoms with Crippen LogP contribution in [-0.2, 0) is 7.05 Å². The molecule has 0 bridgehead atoms. The van der Waals surface area contributed by atoms with Gasteiger partial charge < -0.3 is 5.11 Å². The van der Waals surface area contributed by atoms with Crippen molar-refractivity contribution in [1.29, 1.82) is 5.26 Å². The molecular formula is C12H17N3O. The Bertz CT molecular complexity index is 399. The lowest BCUT2D eigenvalue weighted by atomic mass is 9.70. The second-order valence-corrected chi connectivity index (χ2v) is 4.68. The Hall–Kier alpha value is -1.34. The summed E-state index contributed by atoms with van der Waals surface area (Å²) in [5.74, 6) is 0. The molecule has 1 saturated carbocycles. The fraction of sp³-hybridized carbons (Fsp3) is 0.667. The van der Waals surface area contributed by atoms with Crippen molar-refractivity contribution in [2.24, 2.45) is 12.5 Å². The van der Waals surface area contributed by atoms with Crippen LogP contribution < -0.4 is 0 Å². The summed E-state index contributed by atoms with van der Waals surface area (Å²) in [6, 6.07) is 2.34. The van der Waals surface area contributed by atoms with E-state index in [1.807, 2.05) is 7.05 Å². The molecule has 1 unspecified atom stereocenters. The smallest absolute Gasteiger partial charge is 0.101 e. The van der Waals surface area contributed by atoms with Gasteiger partial charge in [-0.15, -0.1) is 0 Å². The molecule has 16 heavy (non-hydrogen) atoms. The van der Waals surface area contributed by atoms with Crippen molar-refractivity contribution < 1.29 is 5.11 Å². The van der Waals surface area contributed by atoms with Crippen molar-refractivity contribution in [3.63, 3.8) is 0 Å². The standard InChI is InChI=1S/C12H17N3O/c1-15-8-10(7-14-15)11(16)12(9-13)5-3-2-4-6-12/h7-8,11,16H,2-6H2,1H3. The summed E-state index contributed by atoms with van der Waals surface area (Å²) in [5.41, 5.74) is 0.160. The van der Waals surface area contributed by atoms with Gasteiger partial charge in [0.2, 0.25) is 0 Å². The van der Waals surface area contributed by atoms with Crippen molar-refractivity contribution in [1.82, 2.24) is 9.78 Å². The number of aliphatic hydroxyl groups excluding tert-OH is 1. The average molecular weight is 219 g/mol. The second kappa shape index (κ2) is 4.26. The molecule has 1 aromatic rings. The van der Waals surface area contributed by atoms with Gasteiger partial charge in [0.25, 0.3) is 0 Å². The van der Waals surface area contributed by atoms with Crippen LogP contribution in [0, 0.1) is 16.7 Å². The van der Waals surface area contributed by atoms with E-state index in [9.17, 15) is 10.4 Å². The number of aromatic nitrogens is 2. The summed E-state index contributed by atoms with van der Waals surface area (Å²) in [4.78, 5) is 0. The summed E-state index contributed by atoms with van der Waals surface area (Å²) >= 11 is 0. The lowest BCUT2D eigenvalue weighted by Crippen LogP contribution is -2.29. The van der Waals surface area contributed by atoms with Gasteiger partial charge in [0, 0.05) is 18.8 Å². The minimum Gasteiger partial charge on any atom is -0.387 e. The van der Waals surface area contributed by atoms with Crippen molar-refractivity contribution in [2.45, 2.75) is 38.2 Å². The second-order valence-electron chi connectivity index (χ2n) is 4.68. The minimum atomic E-state index is -0.702. The predicted molar refractivity (Wildman–Crippen MR) is 59.3 cm³/mol. The first-order chi connectivity index (χ1) is 7.68. The van der Waals surface area contributed by atoms with E-state index in [0.717, 1.165) is 31.2 Å². The normalized spacial score (nSPS) is 21.3. The van der Waals surface area contributed by atoms with Crippen molar-refractivity contribution >= 4 is 0 Å². The van der Waals surface area contributed by atoms with Gasteiger partial charge in [-0.1, -0.05) is 19.3 Å². The Morgan fingerprint density at radius 1 is 1.50 bits per heavy atom. The highest BCUT2D eigenvalue weighted by Gasteiger charge is 2.40. The molecule has 1 aromatic heterocycles. The van der Waals surface area contributed by atoms with Crippen LogP contribution in [0.15, 0.2) is 12.4 Å². The van der Waals surface area contributed by atoms with Crippen LogP contribution in [0.3, 0.4) is 0 Å². The summed E-state index contributed by atoms with van der Waals surface area (Å²) in [7, 11) is 1.82. The first-order valence-electron chi connectivity index (χ1n) is 5.76. The van der Waals surface area contributed by atoms with Gasteiger partial charge in [-0.3, -0.25) is 4.68 Å². The first-order valence-corrected chi connectivity index (χ1v) is 5.76. The molecule has 0 aliphatic heterocycles. The molecule has 0 aromatic carbocycles. The van der Waals surface area contributed by atoms with E-state index >= 15 is 0 Å². The molecule has 86 valence electrons. The first kappa shape index (κ1) is 11.2. The quantitative estimate of drug-likeness (QED) is 0.826. The fourth-order valence-electron chi connectivity index (χ4n) is 2.53. The van der Waals surface area contributed by atoms with Crippen LogP contribution in [0.2, 0.25) is 0 Å². The monoisotopic (exact) mass is 219 g/mol. The Labute approximate surface area is 95.5 Å². The molecule has 1 aliphatic rings. The lowest BCUT2D eigenvalue weighted by molar-refractivity contribution is 0.0359. The topological polar surface area (TPSA) is 61.8 Å². The van der Waals surface area contributed by atoms with Gasteiger partial charge in [0.05, 0.1) is 17.7 Å². The van der Waals surface area contributed by atoms with Crippen molar-refractivity contribution in [2.75, 3.05) is 0 Å². The summed E-state index contributed by atoms with van der Waals surface area (Å²) in [6.45, 7) is 0. The number of nitriles is 1. The third-order valence-electron chi connectivity index (χ3n) is 3.53. The number of nitrogens with zero attached hydrogens (tertiary/aromatic N) is 3. The van der Waals surface area contributed by atoms with Crippen molar-refractivity contribution in [3.05, 3.63) is 18.0 Å². The molecule has 1 heterocycles. The van der Waals surface area contributed by atoms with E-state index in [4.69, 9.17) is 0 Å². The van der Waals surface area contributed by atoms with Crippen LogP contribution in [0.4, 0.5) is 0 Å². The molecule has 4 nitrogen and oxygen atoms in total. The maximum atomic E-state index is 10.3. The molecule has 2 rings (SSSR count). The Balaban J connectivity index is 2.24. The zero-order chi connectivity index (χ0) is 11.6. The molecule has 1 fully saturated rings. The van der Waals surface area contributed by atoms with E-state index < -0.39 is 11.5 Å². The third kappa shape index (κ3) is 1.83. The van der Waals surface area contributed by atoms with Crippen molar-refractivity contribution in [3.8, 4) is 6.07 Å². The highest BCUT2D eigenvalue weighted by molar-refractivity contribution is 5.18. The number of rotatable bonds is 2. The highest BCUT2D eigenvalue weighted by Crippen LogP contribution is 2.45. The van der Waals surface area contributed by atoms with Gasteiger partial charge in [-0.05, 0) is 12.8 Å². The molecule has 0 spiro atoms. The van der Waals surface area contributed by atoms with Gasteiger partial charge in [-0.25, -0.2) is 0 Å². The SMILES string of the molecule is Cn1cc(C(O)C2(C#N)CCCCC2)cn1. The molecular weight excluding hydrogens is 202 g/mol. The van der Waals surface area contributed by atoms with E-state index in [0.29, 0.717) is 0 Å². The summed E-state index contributed by atoms with van der Waals surface area (Å²) in [6.07, 6.45) is 7.56. The Morgan fingerprint density at radius 2 is 2.19 bits per heavy atom. The third-order valence-corrected chi connectivity index (χ3v) is 3.53. The fourth-order valence-corrected chi connectivity index (χ4v) is 2.53. The van der Waals surface area contributed by atoms with Crippen LogP contribution >= 0.6 is 0 Å². The highest BCUT2D eigenvalue weighted by atomic mass is 16.3. The largest absolute Gasteiger partial charge is 0.387 e. The van der Waals surface area contributed by atoms with Gasteiger partial charge in [0.1, 0.15) is 6.10 Å². The number of aryl methyl sites for hydroxylation is 1. The lowest BCUT2D eigenvalue weighted by Gasteiger charge is -2.34. The van der Waals surface area contributed by atoms with Crippen LogP contribution in [0.25, 0.3) is 0 Å². The maximum absolute atomic E-state index is 10.3. The number of hydrogen-bond acceptors (Lipinski definition) is 3. The van der Waals surface area contributed by atoms with Gasteiger partial charge in [-0.2, -0.15) is 10.4 Å². The van der Waals surface area contributed by atoms with E-state index in [2.05, 4.69) is 11.2 Å². The van der Waals surface area contributed by atoms with Crippen LogP contribution in [0.1, 0.15) is 43.8 Å². The average Bonchev–Trinajstić information content (AvgIpc) is 2.76. The number of hydrogen-bond donors (Lipinski definition) is 1. The van der Waals surface area contributed by atoms with Crippen LogP contribution in [-0.4, -0.2) is 14.9 Å². The van der Waals surface area contributed by atoms with Gasteiger partial charge in [0.15, 0.2) is 0 Å². The van der Waals surface area contributed by atoms with Gasteiger partial charge >= 0.3 is 0 Å². The molecule has 1 atom stereocenters. The molecule has 0 amide bonds. The molecule has 4 heteroatoms. The zero-order valence-electron chi connectivity index (χ0n) is 9.56. The zero-order valence-corrected chi connectivity index (χ0v) is 9.56.